The Kier molecular flexibility index (Phi) is 7.33. The van der Waals surface area contributed by atoms with Crippen molar-refractivity contribution in [2.24, 2.45) is 0 Å². The van der Waals surface area contributed by atoms with Gasteiger partial charge in [0.2, 0.25) is 5.91 Å². The first-order chi connectivity index (χ1) is 8.65. The molecule has 1 N–H and O–H groups in total. The molecule has 2 unspecified atom stereocenters. The van der Waals surface area contributed by atoms with Gasteiger partial charge in [0.1, 0.15) is 0 Å². The van der Waals surface area contributed by atoms with Crippen LogP contribution in [0.1, 0.15) is 65.7 Å². The number of nitrogens with one attached hydrogen (secondary N) is 1. The molecule has 1 rings (SSSR count). The van der Waals surface area contributed by atoms with Crippen molar-refractivity contribution >= 4 is 5.91 Å². The molecule has 1 saturated heterocycles. The molecule has 106 valence electrons. The van der Waals surface area contributed by atoms with Gasteiger partial charge >= 0.3 is 0 Å². The SMILES string of the molecule is CCCCC(C)NC(C)C(=O)N1CCCCCC1. The van der Waals surface area contributed by atoms with E-state index in [2.05, 4.69) is 24.1 Å². The fraction of sp³-hybridized carbons (Fsp3) is 0.933. The topological polar surface area (TPSA) is 32.3 Å². The van der Waals surface area contributed by atoms with E-state index in [1.54, 1.807) is 0 Å². The average Bonchev–Trinajstić information content (AvgIpc) is 2.64. The zero-order chi connectivity index (χ0) is 13.4. The van der Waals surface area contributed by atoms with Gasteiger partial charge in [-0.2, -0.15) is 0 Å². The van der Waals surface area contributed by atoms with Crippen LogP contribution in [0.15, 0.2) is 0 Å². The third kappa shape index (κ3) is 5.38. The second kappa shape index (κ2) is 8.52. The quantitative estimate of drug-likeness (QED) is 0.790. The molecule has 0 aromatic rings. The van der Waals surface area contributed by atoms with Gasteiger partial charge in [-0.3, -0.25) is 4.79 Å². The van der Waals surface area contributed by atoms with Crippen molar-refractivity contribution in [3.8, 4) is 0 Å². The maximum Gasteiger partial charge on any atom is 0.239 e. The summed E-state index contributed by atoms with van der Waals surface area (Å²) in [6.45, 7) is 8.30. The number of amides is 1. The number of unbranched alkanes of at least 4 members (excludes halogenated alkanes) is 1. The number of carbonyl (C=O) groups excluding carboxylic acids is 1. The van der Waals surface area contributed by atoms with E-state index in [0.29, 0.717) is 11.9 Å². The highest BCUT2D eigenvalue weighted by atomic mass is 16.2. The minimum absolute atomic E-state index is 0.0324. The molecule has 0 aliphatic carbocycles. The molecule has 1 aliphatic rings. The Labute approximate surface area is 112 Å². The average molecular weight is 254 g/mol. The van der Waals surface area contributed by atoms with E-state index in [9.17, 15) is 4.79 Å². The third-order valence-electron chi connectivity index (χ3n) is 3.81. The van der Waals surface area contributed by atoms with Gasteiger partial charge in [0.25, 0.3) is 0 Å². The predicted octanol–water partition coefficient (Wildman–Crippen LogP) is 2.95. The summed E-state index contributed by atoms with van der Waals surface area (Å²) in [5.74, 6) is 0.292. The first-order valence-electron chi connectivity index (χ1n) is 7.70. The highest BCUT2D eigenvalue weighted by Crippen LogP contribution is 2.11. The molecule has 0 aromatic heterocycles. The van der Waals surface area contributed by atoms with Crippen LogP contribution in [0.2, 0.25) is 0 Å². The molecule has 0 saturated carbocycles. The van der Waals surface area contributed by atoms with Crippen molar-refractivity contribution in [3.05, 3.63) is 0 Å². The summed E-state index contributed by atoms with van der Waals surface area (Å²) in [5, 5.41) is 3.44. The van der Waals surface area contributed by atoms with Crippen LogP contribution in [0.3, 0.4) is 0 Å². The van der Waals surface area contributed by atoms with Crippen molar-refractivity contribution in [1.29, 1.82) is 0 Å². The number of likely N-dealkylation sites (tertiary alicyclic amines) is 1. The molecule has 3 heteroatoms. The van der Waals surface area contributed by atoms with Gasteiger partial charge in [-0.15, -0.1) is 0 Å². The van der Waals surface area contributed by atoms with Crippen LogP contribution in [-0.4, -0.2) is 36.0 Å². The second-order valence-electron chi connectivity index (χ2n) is 5.67. The molecule has 1 fully saturated rings. The monoisotopic (exact) mass is 254 g/mol. The normalized spacial score (nSPS) is 20.3. The Balaban J connectivity index is 2.34. The Morgan fingerprint density at radius 2 is 1.78 bits per heavy atom. The van der Waals surface area contributed by atoms with Crippen LogP contribution in [0, 0.1) is 0 Å². The highest BCUT2D eigenvalue weighted by Gasteiger charge is 2.22. The Bertz CT molecular complexity index is 235. The lowest BCUT2D eigenvalue weighted by Crippen LogP contribution is -2.47. The Morgan fingerprint density at radius 3 is 2.33 bits per heavy atom. The number of hydrogen-bond acceptors (Lipinski definition) is 2. The van der Waals surface area contributed by atoms with Gasteiger partial charge in [-0.05, 0) is 33.1 Å². The minimum Gasteiger partial charge on any atom is -0.341 e. The number of carbonyl (C=O) groups is 1. The predicted molar refractivity (Wildman–Crippen MR) is 76.6 cm³/mol. The molecule has 1 aliphatic heterocycles. The summed E-state index contributed by atoms with van der Waals surface area (Å²) in [5.41, 5.74) is 0. The van der Waals surface area contributed by atoms with Crippen molar-refractivity contribution in [1.82, 2.24) is 10.2 Å². The molecular weight excluding hydrogens is 224 g/mol. The van der Waals surface area contributed by atoms with Crippen molar-refractivity contribution in [2.45, 2.75) is 77.8 Å². The van der Waals surface area contributed by atoms with Gasteiger partial charge in [0, 0.05) is 19.1 Å². The van der Waals surface area contributed by atoms with Crippen LogP contribution in [-0.2, 0) is 4.79 Å². The standard InChI is InChI=1S/C15H30N2O/c1-4-5-10-13(2)16-14(3)15(18)17-11-8-6-7-9-12-17/h13-14,16H,4-12H2,1-3H3. The summed E-state index contributed by atoms with van der Waals surface area (Å²) < 4.78 is 0. The van der Waals surface area contributed by atoms with E-state index in [-0.39, 0.29) is 6.04 Å². The molecule has 2 atom stereocenters. The van der Waals surface area contributed by atoms with Gasteiger partial charge in [0.15, 0.2) is 0 Å². The molecule has 3 nitrogen and oxygen atoms in total. The lowest BCUT2D eigenvalue weighted by molar-refractivity contribution is -0.133. The summed E-state index contributed by atoms with van der Waals surface area (Å²) in [7, 11) is 0. The summed E-state index contributed by atoms with van der Waals surface area (Å²) in [4.78, 5) is 14.4. The fourth-order valence-corrected chi connectivity index (χ4v) is 2.66. The van der Waals surface area contributed by atoms with E-state index in [1.807, 2.05) is 6.92 Å². The van der Waals surface area contributed by atoms with E-state index >= 15 is 0 Å². The molecule has 0 bridgehead atoms. The zero-order valence-electron chi connectivity index (χ0n) is 12.4. The Morgan fingerprint density at radius 1 is 1.17 bits per heavy atom. The smallest absolute Gasteiger partial charge is 0.239 e. The molecule has 0 spiro atoms. The van der Waals surface area contributed by atoms with E-state index in [0.717, 1.165) is 19.5 Å². The number of nitrogens with zero attached hydrogens (tertiary/aromatic N) is 1. The molecule has 0 radical (unpaired) electrons. The van der Waals surface area contributed by atoms with E-state index < -0.39 is 0 Å². The number of hydrogen-bond donors (Lipinski definition) is 1. The first-order valence-corrected chi connectivity index (χ1v) is 7.70. The Hall–Kier alpha value is -0.570. The maximum atomic E-state index is 12.3. The fourth-order valence-electron chi connectivity index (χ4n) is 2.66. The summed E-state index contributed by atoms with van der Waals surface area (Å²) >= 11 is 0. The molecule has 0 aromatic carbocycles. The van der Waals surface area contributed by atoms with Gasteiger partial charge in [-0.1, -0.05) is 32.6 Å². The molecule has 18 heavy (non-hydrogen) atoms. The van der Waals surface area contributed by atoms with Crippen molar-refractivity contribution < 1.29 is 4.79 Å². The van der Waals surface area contributed by atoms with Gasteiger partial charge in [-0.25, -0.2) is 0 Å². The van der Waals surface area contributed by atoms with Crippen LogP contribution in [0.4, 0.5) is 0 Å². The van der Waals surface area contributed by atoms with Crippen molar-refractivity contribution in [2.75, 3.05) is 13.1 Å². The molecule has 1 heterocycles. The first kappa shape index (κ1) is 15.5. The maximum absolute atomic E-state index is 12.3. The summed E-state index contributed by atoms with van der Waals surface area (Å²) in [6, 6.07) is 0.408. The van der Waals surface area contributed by atoms with Gasteiger partial charge < -0.3 is 10.2 Å². The van der Waals surface area contributed by atoms with E-state index in [1.165, 1.54) is 38.5 Å². The van der Waals surface area contributed by atoms with Crippen LogP contribution < -0.4 is 5.32 Å². The van der Waals surface area contributed by atoms with Crippen molar-refractivity contribution in [3.63, 3.8) is 0 Å². The molecule has 1 amide bonds. The van der Waals surface area contributed by atoms with Gasteiger partial charge in [0.05, 0.1) is 6.04 Å². The summed E-state index contributed by atoms with van der Waals surface area (Å²) in [6.07, 6.45) is 8.51. The van der Waals surface area contributed by atoms with Crippen LogP contribution >= 0.6 is 0 Å². The number of rotatable bonds is 6. The third-order valence-corrected chi connectivity index (χ3v) is 3.81. The molecular formula is C15H30N2O. The van der Waals surface area contributed by atoms with Crippen LogP contribution in [0.25, 0.3) is 0 Å². The lowest BCUT2D eigenvalue weighted by atomic mass is 10.1. The van der Waals surface area contributed by atoms with Crippen LogP contribution in [0.5, 0.6) is 0 Å². The minimum atomic E-state index is -0.0324. The highest BCUT2D eigenvalue weighted by molar-refractivity contribution is 5.81. The zero-order valence-corrected chi connectivity index (χ0v) is 12.4. The lowest BCUT2D eigenvalue weighted by Gasteiger charge is -2.26. The van der Waals surface area contributed by atoms with E-state index in [4.69, 9.17) is 0 Å². The second-order valence-corrected chi connectivity index (χ2v) is 5.67. The largest absolute Gasteiger partial charge is 0.341 e.